The van der Waals surface area contributed by atoms with E-state index in [2.05, 4.69) is 17.1 Å². The number of hydrogen-bond donors (Lipinski definition) is 1. The summed E-state index contributed by atoms with van der Waals surface area (Å²) in [7, 11) is -3.92. The number of rotatable bonds is 3. The molecule has 31 heavy (non-hydrogen) atoms. The number of hydrogen-bond acceptors (Lipinski definition) is 4. The maximum Gasteiger partial charge on any atom is 0.238 e. The fourth-order valence-corrected chi connectivity index (χ4v) is 5.46. The highest BCUT2D eigenvalue weighted by Gasteiger charge is 2.35. The quantitative estimate of drug-likeness (QED) is 0.658. The Morgan fingerprint density at radius 2 is 1.90 bits per heavy atom. The number of sulfonamides is 1. The van der Waals surface area contributed by atoms with Crippen LogP contribution in [0.25, 0.3) is 11.3 Å². The van der Waals surface area contributed by atoms with Crippen LogP contribution in [0.4, 0.5) is 5.69 Å². The monoisotopic (exact) mass is 453 g/mol. The minimum Gasteiger partial charge on any atom is -0.311 e. The van der Waals surface area contributed by atoms with E-state index < -0.39 is 10.0 Å². The number of nitrogens with zero attached hydrogens (tertiary/aromatic N) is 2. The van der Waals surface area contributed by atoms with Gasteiger partial charge >= 0.3 is 0 Å². The van der Waals surface area contributed by atoms with Crippen LogP contribution in [0.5, 0.6) is 0 Å². The van der Waals surface area contributed by atoms with Crippen molar-refractivity contribution in [2.45, 2.75) is 24.2 Å². The average Bonchev–Trinajstić information content (AvgIpc) is 3.37. The predicted octanol–water partition coefficient (Wildman–Crippen LogP) is 3.35. The number of fused-ring (bicyclic) bond motifs is 2. The lowest BCUT2D eigenvalue weighted by atomic mass is 10.0. The number of anilines is 1. The van der Waals surface area contributed by atoms with Gasteiger partial charge in [0.1, 0.15) is 0 Å². The van der Waals surface area contributed by atoms with Crippen molar-refractivity contribution < 1.29 is 13.2 Å². The van der Waals surface area contributed by atoms with Gasteiger partial charge < -0.3 is 4.90 Å². The Morgan fingerprint density at radius 1 is 1.10 bits per heavy atom. The summed E-state index contributed by atoms with van der Waals surface area (Å²) in [6, 6.07) is 14.8. The first-order valence-corrected chi connectivity index (χ1v) is 11.9. The number of benzene rings is 2. The molecule has 0 saturated heterocycles. The van der Waals surface area contributed by atoms with Crippen LogP contribution < -0.4 is 10.0 Å². The van der Waals surface area contributed by atoms with Crippen molar-refractivity contribution in [3.8, 4) is 11.3 Å². The van der Waals surface area contributed by atoms with Crippen molar-refractivity contribution in [1.29, 1.82) is 0 Å². The summed E-state index contributed by atoms with van der Waals surface area (Å²) in [6.45, 7) is 0.480. The van der Waals surface area contributed by atoms with Crippen molar-refractivity contribution in [1.82, 2.24) is 4.98 Å². The molecule has 0 spiro atoms. The van der Waals surface area contributed by atoms with E-state index in [-0.39, 0.29) is 16.7 Å². The first-order chi connectivity index (χ1) is 14.8. The zero-order valence-corrected chi connectivity index (χ0v) is 18.2. The molecule has 2 N–H and O–H groups in total. The number of nitrogens with two attached hydrogens (primary N) is 1. The van der Waals surface area contributed by atoms with Gasteiger partial charge in [0.25, 0.3) is 0 Å². The summed E-state index contributed by atoms with van der Waals surface area (Å²) in [6.07, 6.45) is 3.66. The van der Waals surface area contributed by atoms with Crippen LogP contribution in [-0.4, -0.2) is 25.9 Å². The third-order valence-electron chi connectivity index (χ3n) is 6.07. The average molecular weight is 454 g/mol. The zero-order chi connectivity index (χ0) is 21.8. The SMILES string of the molecule is NS(=O)(=O)c1cc(Cl)c2c(c1)N(C(=O)C1Cc3ccc(-c4ccccn4)cc3C1)CC2. The zero-order valence-electron chi connectivity index (χ0n) is 16.6. The van der Waals surface area contributed by atoms with E-state index in [1.54, 1.807) is 11.1 Å². The normalized spacial score (nSPS) is 17.5. The molecule has 8 heteroatoms. The molecular weight excluding hydrogens is 434 g/mol. The molecule has 1 atom stereocenters. The van der Waals surface area contributed by atoms with Crippen LogP contribution in [0, 0.1) is 5.92 Å². The third-order valence-corrected chi connectivity index (χ3v) is 7.29. The number of pyridine rings is 1. The molecule has 6 nitrogen and oxygen atoms in total. The Kier molecular flexibility index (Phi) is 4.84. The minimum atomic E-state index is -3.92. The van der Waals surface area contributed by atoms with Gasteiger partial charge in [-0.15, -0.1) is 0 Å². The van der Waals surface area contributed by atoms with E-state index in [0.29, 0.717) is 36.5 Å². The first-order valence-electron chi connectivity index (χ1n) is 10.0. The van der Waals surface area contributed by atoms with E-state index in [0.717, 1.165) is 27.9 Å². The summed E-state index contributed by atoms with van der Waals surface area (Å²) < 4.78 is 23.7. The first kappa shape index (κ1) is 20.2. The number of carbonyl (C=O) groups excluding carboxylic acids is 1. The Bertz CT molecular complexity index is 1310. The summed E-state index contributed by atoms with van der Waals surface area (Å²) in [5.41, 5.74) is 5.58. The Labute approximate surface area is 185 Å². The van der Waals surface area contributed by atoms with Gasteiger partial charge in [-0.05, 0) is 66.3 Å². The molecule has 1 aromatic heterocycles. The highest BCUT2D eigenvalue weighted by Crippen LogP contribution is 2.39. The number of primary sulfonamides is 1. The second-order valence-electron chi connectivity index (χ2n) is 7.99. The standard InChI is InChI=1S/C23H20ClN3O3S/c24-20-12-18(31(25,29)30)13-22-19(20)6-8-27(22)23(28)17-9-14-4-5-15(10-16(14)11-17)21-3-1-2-7-26-21/h1-5,7,10,12-13,17H,6,8-9,11H2,(H2,25,29,30). The smallest absolute Gasteiger partial charge is 0.238 e. The summed E-state index contributed by atoms with van der Waals surface area (Å²) in [5.74, 6) is -0.214. The van der Waals surface area contributed by atoms with Crippen LogP contribution in [0.3, 0.4) is 0 Å². The van der Waals surface area contributed by atoms with Crippen molar-refractivity contribution in [3.63, 3.8) is 0 Å². The molecule has 5 rings (SSSR count). The van der Waals surface area contributed by atoms with Gasteiger partial charge in [-0.1, -0.05) is 29.8 Å². The minimum absolute atomic E-state index is 0.0167. The maximum absolute atomic E-state index is 13.4. The molecular formula is C23H20ClN3O3S. The van der Waals surface area contributed by atoms with Crippen LogP contribution in [0.15, 0.2) is 59.6 Å². The molecule has 158 valence electrons. The molecule has 1 amide bonds. The highest BCUT2D eigenvalue weighted by atomic mass is 35.5. The van der Waals surface area contributed by atoms with E-state index in [1.807, 2.05) is 24.3 Å². The lowest BCUT2D eigenvalue weighted by Gasteiger charge is -2.22. The molecule has 1 aliphatic heterocycles. The Morgan fingerprint density at radius 3 is 2.65 bits per heavy atom. The molecule has 2 aliphatic rings. The molecule has 0 saturated carbocycles. The van der Waals surface area contributed by atoms with Crippen molar-refractivity contribution in [2.24, 2.45) is 11.1 Å². The second kappa shape index (κ2) is 7.44. The number of carbonyl (C=O) groups is 1. The van der Waals surface area contributed by atoms with Crippen LogP contribution in [0.1, 0.15) is 16.7 Å². The molecule has 2 heterocycles. The van der Waals surface area contributed by atoms with E-state index in [9.17, 15) is 13.2 Å². The summed E-state index contributed by atoms with van der Waals surface area (Å²) in [5, 5.41) is 5.61. The molecule has 0 fully saturated rings. The van der Waals surface area contributed by atoms with Crippen LogP contribution >= 0.6 is 11.6 Å². The largest absolute Gasteiger partial charge is 0.311 e. The summed E-state index contributed by atoms with van der Waals surface area (Å²) in [4.78, 5) is 19.4. The summed E-state index contributed by atoms with van der Waals surface area (Å²) >= 11 is 6.30. The van der Waals surface area contributed by atoms with Crippen molar-refractivity contribution in [3.05, 3.63) is 76.4 Å². The molecule has 1 unspecified atom stereocenters. The van der Waals surface area contributed by atoms with Crippen molar-refractivity contribution >= 4 is 33.2 Å². The Hall–Kier alpha value is -2.74. The van der Waals surface area contributed by atoms with E-state index in [4.69, 9.17) is 16.7 Å². The number of aromatic nitrogens is 1. The van der Waals surface area contributed by atoms with Gasteiger partial charge in [0, 0.05) is 34.9 Å². The third kappa shape index (κ3) is 3.63. The van der Waals surface area contributed by atoms with Gasteiger partial charge in [0.05, 0.1) is 10.6 Å². The predicted molar refractivity (Wildman–Crippen MR) is 119 cm³/mol. The Balaban J connectivity index is 1.42. The molecule has 1 aliphatic carbocycles. The molecule has 0 bridgehead atoms. The molecule has 0 radical (unpaired) electrons. The van der Waals surface area contributed by atoms with E-state index in [1.165, 1.54) is 12.1 Å². The van der Waals surface area contributed by atoms with Crippen LogP contribution in [-0.2, 0) is 34.1 Å². The maximum atomic E-state index is 13.4. The number of halogens is 1. The van der Waals surface area contributed by atoms with Gasteiger partial charge in [-0.2, -0.15) is 0 Å². The highest BCUT2D eigenvalue weighted by molar-refractivity contribution is 7.89. The van der Waals surface area contributed by atoms with Gasteiger partial charge in [0.15, 0.2) is 0 Å². The van der Waals surface area contributed by atoms with E-state index >= 15 is 0 Å². The number of amides is 1. The lowest BCUT2D eigenvalue weighted by molar-refractivity contribution is -0.122. The fourth-order valence-electron chi connectivity index (χ4n) is 4.53. The lowest BCUT2D eigenvalue weighted by Crippen LogP contribution is -2.35. The fraction of sp³-hybridized carbons (Fsp3) is 0.217. The van der Waals surface area contributed by atoms with Crippen molar-refractivity contribution in [2.75, 3.05) is 11.4 Å². The van der Waals surface area contributed by atoms with Crippen LogP contribution in [0.2, 0.25) is 5.02 Å². The van der Waals surface area contributed by atoms with Gasteiger partial charge in [-0.25, -0.2) is 13.6 Å². The molecule has 3 aromatic rings. The van der Waals surface area contributed by atoms with Gasteiger partial charge in [0.2, 0.25) is 15.9 Å². The second-order valence-corrected chi connectivity index (χ2v) is 9.96. The molecule has 2 aromatic carbocycles. The van der Waals surface area contributed by atoms with Gasteiger partial charge in [-0.3, -0.25) is 9.78 Å². The topological polar surface area (TPSA) is 93.4 Å².